The van der Waals surface area contributed by atoms with E-state index in [-0.39, 0.29) is 11.7 Å². The van der Waals surface area contributed by atoms with Crippen LogP contribution in [-0.4, -0.2) is 31.3 Å². The third-order valence-corrected chi connectivity index (χ3v) is 4.50. The molecular weight excluding hydrogens is 366 g/mol. The van der Waals surface area contributed by atoms with Gasteiger partial charge in [0.15, 0.2) is 11.5 Å². The van der Waals surface area contributed by atoms with Gasteiger partial charge < -0.3 is 19.9 Å². The molecule has 0 saturated heterocycles. The normalized spacial score (nSPS) is 10.8. The number of methoxy groups -OCH3 is 1. The second-order valence-corrected chi connectivity index (χ2v) is 6.86. The fourth-order valence-corrected chi connectivity index (χ4v) is 2.84. The second kappa shape index (κ2) is 12.5. The van der Waals surface area contributed by atoms with E-state index in [1.165, 1.54) is 6.08 Å². The van der Waals surface area contributed by atoms with Crippen LogP contribution in [0.25, 0.3) is 6.08 Å². The highest BCUT2D eigenvalue weighted by molar-refractivity contribution is 5.91. The number of aryl methyl sites for hydroxylation is 1. The van der Waals surface area contributed by atoms with Crippen molar-refractivity contribution in [3.8, 4) is 17.2 Å². The summed E-state index contributed by atoms with van der Waals surface area (Å²) in [5, 5.41) is 12.2. The molecular formula is C24H31NO4. The highest BCUT2D eigenvalue weighted by Gasteiger charge is 2.05. The molecule has 0 spiro atoms. The SMILES string of the molecule is CCCCCOc1cc(C=CC(=O)NCCCc2ccc(O)cc2)ccc1OC. The lowest BCUT2D eigenvalue weighted by Gasteiger charge is -2.11. The van der Waals surface area contributed by atoms with Crippen molar-refractivity contribution in [1.29, 1.82) is 0 Å². The third-order valence-electron chi connectivity index (χ3n) is 4.50. The average Bonchev–Trinajstić information content (AvgIpc) is 2.74. The van der Waals surface area contributed by atoms with Crippen LogP contribution >= 0.6 is 0 Å². The van der Waals surface area contributed by atoms with Gasteiger partial charge in [-0.3, -0.25) is 4.79 Å². The summed E-state index contributed by atoms with van der Waals surface area (Å²) in [5.41, 5.74) is 2.02. The summed E-state index contributed by atoms with van der Waals surface area (Å²) in [6.07, 6.45) is 8.27. The molecule has 0 aliphatic heterocycles. The van der Waals surface area contributed by atoms with Crippen LogP contribution < -0.4 is 14.8 Å². The number of hydrogen-bond acceptors (Lipinski definition) is 4. The molecule has 5 heteroatoms. The Labute approximate surface area is 173 Å². The maximum Gasteiger partial charge on any atom is 0.243 e. The first-order chi connectivity index (χ1) is 14.1. The van der Waals surface area contributed by atoms with E-state index in [0.29, 0.717) is 24.7 Å². The molecule has 0 saturated carbocycles. The molecule has 0 unspecified atom stereocenters. The Kier molecular flexibility index (Phi) is 9.63. The maximum absolute atomic E-state index is 12.0. The van der Waals surface area contributed by atoms with Crippen molar-refractivity contribution in [1.82, 2.24) is 5.32 Å². The molecule has 2 rings (SSSR count). The molecule has 5 nitrogen and oxygen atoms in total. The lowest BCUT2D eigenvalue weighted by Crippen LogP contribution is -2.22. The standard InChI is InChI=1S/C24H31NO4/c1-3-4-5-17-29-23-18-20(10-14-22(23)28-2)11-15-24(27)25-16-6-7-19-8-12-21(26)13-9-19/h8-15,18,26H,3-7,16-17H2,1-2H3,(H,25,27). The van der Waals surface area contributed by atoms with Crippen LogP contribution in [-0.2, 0) is 11.2 Å². The van der Waals surface area contributed by atoms with Crippen molar-refractivity contribution in [2.45, 2.75) is 39.0 Å². The number of phenols is 1. The van der Waals surface area contributed by atoms with Gasteiger partial charge in [0.05, 0.1) is 13.7 Å². The minimum absolute atomic E-state index is 0.128. The summed E-state index contributed by atoms with van der Waals surface area (Å²) in [4.78, 5) is 12.0. The van der Waals surface area contributed by atoms with Crippen LogP contribution in [0.5, 0.6) is 17.2 Å². The number of rotatable bonds is 12. The molecule has 0 fully saturated rings. The van der Waals surface area contributed by atoms with Crippen LogP contribution in [0, 0.1) is 0 Å². The van der Waals surface area contributed by atoms with Gasteiger partial charge in [-0.1, -0.05) is 38.0 Å². The molecule has 0 aliphatic rings. The molecule has 2 aromatic carbocycles. The molecule has 0 radical (unpaired) electrons. The van der Waals surface area contributed by atoms with Gasteiger partial charge in [0, 0.05) is 12.6 Å². The van der Waals surface area contributed by atoms with Gasteiger partial charge in [-0.25, -0.2) is 0 Å². The number of carbonyl (C=O) groups excluding carboxylic acids is 1. The Morgan fingerprint density at radius 3 is 2.59 bits per heavy atom. The van der Waals surface area contributed by atoms with E-state index < -0.39 is 0 Å². The number of phenolic OH excluding ortho intramolecular Hbond substituents is 1. The molecule has 1 amide bonds. The number of amides is 1. The van der Waals surface area contributed by atoms with Gasteiger partial charge in [0.1, 0.15) is 5.75 Å². The van der Waals surface area contributed by atoms with E-state index in [4.69, 9.17) is 9.47 Å². The van der Waals surface area contributed by atoms with Crippen molar-refractivity contribution in [3.05, 3.63) is 59.7 Å². The Hall–Kier alpha value is -2.95. The molecule has 0 aromatic heterocycles. The zero-order valence-electron chi connectivity index (χ0n) is 17.3. The van der Waals surface area contributed by atoms with Crippen LogP contribution in [0.3, 0.4) is 0 Å². The largest absolute Gasteiger partial charge is 0.508 e. The summed E-state index contributed by atoms with van der Waals surface area (Å²) < 4.78 is 11.2. The first-order valence-electron chi connectivity index (χ1n) is 10.2. The monoisotopic (exact) mass is 397 g/mol. The van der Waals surface area contributed by atoms with Crippen LogP contribution in [0.1, 0.15) is 43.7 Å². The van der Waals surface area contributed by atoms with E-state index in [1.54, 1.807) is 25.3 Å². The molecule has 2 aromatic rings. The quantitative estimate of drug-likeness (QED) is 0.401. The molecule has 2 N–H and O–H groups in total. The molecule has 0 aliphatic carbocycles. The Balaban J connectivity index is 1.79. The molecule has 29 heavy (non-hydrogen) atoms. The number of carbonyl (C=O) groups is 1. The highest BCUT2D eigenvalue weighted by Crippen LogP contribution is 2.28. The predicted octanol–water partition coefficient (Wildman–Crippen LogP) is 4.73. The fraction of sp³-hybridized carbons (Fsp3) is 0.375. The molecule has 0 bridgehead atoms. The van der Waals surface area contributed by atoms with Gasteiger partial charge in [-0.05, 0) is 60.7 Å². The van der Waals surface area contributed by atoms with Gasteiger partial charge in [0.2, 0.25) is 5.91 Å². The average molecular weight is 398 g/mol. The number of hydrogen-bond donors (Lipinski definition) is 2. The van der Waals surface area contributed by atoms with Gasteiger partial charge in [0.25, 0.3) is 0 Å². The third kappa shape index (κ3) is 8.30. The minimum Gasteiger partial charge on any atom is -0.508 e. The second-order valence-electron chi connectivity index (χ2n) is 6.86. The zero-order valence-corrected chi connectivity index (χ0v) is 17.3. The topological polar surface area (TPSA) is 67.8 Å². The van der Waals surface area contributed by atoms with E-state index in [1.807, 2.05) is 30.3 Å². The molecule has 0 atom stereocenters. The van der Waals surface area contributed by atoms with Crippen molar-refractivity contribution < 1.29 is 19.4 Å². The van der Waals surface area contributed by atoms with E-state index >= 15 is 0 Å². The first kappa shape index (κ1) is 22.3. The summed E-state index contributed by atoms with van der Waals surface area (Å²) in [5.74, 6) is 1.52. The summed E-state index contributed by atoms with van der Waals surface area (Å²) in [6.45, 7) is 3.40. The highest BCUT2D eigenvalue weighted by atomic mass is 16.5. The van der Waals surface area contributed by atoms with Gasteiger partial charge in [-0.2, -0.15) is 0 Å². The summed E-state index contributed by atoms with van der Waals surface area (Å²) >= 11 is 0. The number of aromatic hydroxyl groups is 1. The Morgan fingerprint density at radius 1 is 1.07 bits per heavy atom. The Bertz CT molecular complexity index is 784. The zero-order chi connectivity index (χ0) is 20.9. The maximum atomic E-state index is 12.0. The van der Waals surface area contributed by atoms with Crippen LogP contribution in [0.15, 0.2) is 48.5 Å². The number of nitrogens with one attached hydrogen (secondary N) is 1. The van der Waals surface area contributed by atoms with E-state index in [9.17, 15) is 9.90 Å². The molecule has 0 heterocycles. The number of unbranched alkanes of at least 4 members (excludes halogenated alkanes) is 2. The van der Waals surface area contributed by atoms with Gasteiger partial charge >= 0.3 is 0 Å². The first-order valence-corrected chi connectivity index (χ1v) is 10.2. The van der Waals surface area contributed by atoms with Crippen molar-refractivity contribution >= 4 is 12.0 Å². The minimum atomic E-state index is -0.128. The lowest BCUT2D eigenvalue weighted by molar-refractivity contribution is -0.116. The lowest BCUT2D eigenvalue weighted by atomic mass is 10.1. The Morgan fingerprint density at radius 2 is 1.86 bits per heavy atom. The van der Waals surface area contributed by atoms with E-state index in [2.05, 4.69) is 12.2 Å². The van der Waals surface area contributed by atoms with Crippen LogP contribution in [0.2, 0.25) is 0 Å². The summed E-state index contributed by atoms with van der Waals surface area (Å²) in [6, 6.07) is 12.8. The smallest absolute Gasteiger partial charge is 0.243 e. The van der Waals surface area contributed by atoms with E-state index in [0.717, 1.165) is 43.2 Å². The summed E-state index contributed by atoms with van der Waals surface area (Å²) in [7, 11) is 1.62. The van der Waals surface area contributed by atoms with Gasteiger partial charge in [-0.15, -0.1) is 0 Å². The fourth-order valence-electron chi connectivity index (χ4n) is 2.84. The predicted molar refractivity (Wildman–Crippen MR) is 116 cm³/mol. The molecule has 156 valence electrons. The number of ether oxygens (including phenoxy) is 2. The number of benzene rings is 2. The van der Waals surface area contributed by atoms with Crippen LogP contribution in [0.4, 0.5) is 0 Å². The van der Waals surface area contributed by atoms with Crippen molar-refractivity contribution in [2.75, 3.05) is 20.3 Å². The van der Waals surface area contributed by atoms with Crippen molar-refractivity contribution in [3.63, 3.8) is 0 Å². The van der Waals surface area contributed by atoms with Crippen molar-refractivity contribution in [2.24, 2.45) is 0 Å².